The molecule has 1 unspecified atom stereocenters. The van der Waals surface area contributed by atoms with Crippen molar-refractivity contribution in [2.75, 3.05) is 11.9 Å². The Hall–Kier alpha value is -3.63. The van der Waals surface area contributed by atoms with Gasteiger partial charge in [0.2, 0.25) is 17.7 Å². The number of aryl methyl sites for hydroxylation is 1. The first-order chi connectivity index (χ1) is 13.9. The van der Waals surface area contributed by atoms with Crippen molar-refractivity contribution in [2.45, 2.75) is 32.2 Å². The number of carbonyl (C=O) groups is 4. The van der Waals surface area contributed by atoms with Crippen LogP contribution in [0, 0.1) is 12.7 Å². The summed E-state index contributed by atoms with van der Waals surface area (Å²) in [6.07, 6.45) is 0.313. The van der Waals surface area contributed by atoms with Gasteiger partial charge in [-0.3, -0.25) is 29.4 Å². The van der Waals surface area contributed by atoms with Crippen LogP contribution in [0.5, 0.6) is 0 Å². The number of hydrogen-bond donors (Lipinski definition) is 2. The number of benzene rings is 1. The Kier molecular flexibility index (Phi) is 4.57. The predicted octanol–water partition coefficient (Wildman–Crippen LogP) is 0.573. The van der Waals surface area contributed by atoms with Gasteiger partial charge in [-0.1, -0.05) is 5.16 Å². The number of nitrogens with zero attached hydrogens (tertiary/aromatic N) is 3. The third kappa shape index (κ3) is 3.24. The molecular weight excluding hydrogens is 385 g/mol. The molecule has 1 aromatic heterocycles. The molecular formula is C18H16FN5O5. The van der Waals surface area contributed by atoms with Crippen LogP contribution in [0.1, 0.15) is 45.3 Å². The lowest BCUT2D eigenvalue weighted by atomic mass is 10.0. The number of aromatic nitrogens is 2. The molecule has 0 radical (unpaired) electrons. The first-order valence-corrected chi connectivity index (χ1v) is 8.94. The minimum absolute atomic E-state index is 0.00256. The fourth-order valence-electron chi connectivity index (χ4n) is 3.44. The van der Waals surface area contributed by atoms with Crippen LogP contribution in [0.3, 0.4) is 0 Å². The van der Waals surface area contributed by atoms with Gasteiger partial charge in [-0.15, -0.1) is 0 Å². The standard InChI is InChI=1S/C18H16FN5O5/c1-8-21-13(29-23-8)6-7-20-15-10(19)3-2-9-14(15)18(28)24(17(9)27)11-4-5-12(25)22-16(11)26/h2-3,11,20H,4-7H2,1H3,(H,22,25,26). The summed E-state index contributed by atoms with van der Waals surface area (Å²) in [7, 11) is 0. The van der Waals surface area contributed by atoms with Gasteiger partial charge >= 0.3 is 0 Å². The van der Waals surface area contributed by atoms with Crippen molar-refractivity contribution in [3.8, 4) is 0 Å². The summed E-state index contributed by atoms with van der Waals surface area (Å²) in [5, 5.41) is 8.58. The van der Waals surface area contributed by atoms with Crippen LogP contribution < -0.4 is 10.6 Å². The van der Waals surface area contributed by atoms with Crippen LogP contribution in [0.15, 0.2) is 16.7 Å². The third-order valence-electron chi connectivity index (χ3n) is 4.77. The van der Waals surface area contributed by atoms with Gasteiger partial charge in [0, 0.05) is 19.4 Å². The second-order valence-corrected chi connectivity index (χ2v) is 6.70. The Morgan fingerprint density at radius 2 is 2.07 bits per heavy atom. The summed E-state index contributed by atoms with van der Waals surface area (Å²) in [6, 6.07) is 1.18. The lowest BCUT2D eigenvalue weighted by Gasteiger charge is -2.27. The molecule has 1 saturated heterocycles. The van der Waals surface area contributed by atoms with Crippen LogP contribution in [-0.4, -0.2) is 51.3 Å². The predicted molar refractivity (Wildman–Crippen MR) is 94.3 cm³/mol. The Morgan fingerprint density at radius 1 is 1.28 bits per heavy atom. The van der Waals surface area contributed by atoms with E-state index in [1.165, 1.54) is 6.07 Å². The quantitative estimate of drug-likeness (QED) is 0.695. The molecule has 1 atom stereocenters. The Morgan fingerprint density at radius 3 is 2.76 bits per heavy atom. The van der Waals surface area contributed by atoms with Crippen LogP contribution in [0.4, 0.5) is 10.1 Å². The number of halogens is 1. The lowest BCUT2D eigenvalue weighted by molar-refractivity contribution is -0.136. The van der Waals surface area contributed by atoms with Crippen LogP contribution in [0.25, 0.3) is 0 Å². The van der Waals surface area contributed by atoms with Gasteiger partial charge in [0.25, 0.3) is 11.8 Å². The number of hydrogen-bond acceptors (Lipinski definition) is 8. The number of carbonyl (C=O) groups excluding carboxylic acids is 4. The van der Waals surface area contributed by atoms with Gasteiger partial charge in [0.1, 0.15) is 11.9 Å². The second kappa shape index (κ2) is 7.08. The number of piperidine rings is 1. The number of rotatable bonds is 5. The van der Waals surface area contributed by atoms with Crippen molar-refractivity contribution >= 4 is 29.3 Å². The highest BCUT2D eigenvalue weighted by molar-refractivity contribution is 6.25. The van der Waals surface area contributed by atoms with Crippen LogP contribution in [0.2, 0.25) is 0 Å². The van der Waals surface area contributed by atoms with Crippen molar-refractivity contribution in [1.82, 2.24) is 20.4 Å². The van der Waals surface area contributed by atoms with Crippen molar-refractivity contribution < 1.29 is 28.1 Å². The van der Waals surface area contributed by atoms with E-state index in [1.54, 1.807) is 6.92 Å². The zero-order chi connectivity index (χ0) is 20.7. The molecule has 1 fully saturated rings. The van der Waals surface area contributed by atoms with E-state index in [-0.39, 0.29) is 42.6 Å². The highest BCUT2D eigenvalue weighted by atomic mass is 19.1. The molecule has 0 saturated carbocycles. The molecule has 150 valence electrons. The van der Waals surface area contributed by atoms with E-state index in [0.717, 1.165) is 11.0 Å². The number of amides is 4. The first-order valence-electron chi connectivity index (χ1n) is 8.94. The SMILES string of the molecule is Cc1noc(CCNc2c(F)ccc3c2C(=O)N(C2CCC(=O)NC2=O)C3=O)n1. The molecule has 2 aliphatic rings. The Balaban J connectivity index is 1.58. The number of anilines is 1. The topological polar surface area (TPSA) is 134 Å². The average Bonchev–Trinajstić information content (AvgIpc) is 3.19. The molecule has 0 aliphatic carbocycles. The van der Waals surface area contributed by atoms with Crippen LogP contribution >= 0.6 is 0 Å². The molecule has 29 heavy (non-hydrogen) atoms. The lowest BCUT2D eigenvalue weighted by Crippen LogP contribution is -2.54. The molecule has 4 amide bonds. The maximum Gasteiger partial charge on any atom is 0.264 e. The van der Waals surface area contributed by atoms with Gasteiger partial charge in [0.05, 0.1) is 16.8 Å². The molecule has 2 aliphatic heterocycles. The van der Waals surface area contributed by atoms with E-state index in [4.69, 9.17) is 4.52 Å². The largest absolute Gasteiger partial charge is 0.381 e. The molecule has 3 heterocycles. The van der Waals surface area contributed by atoms with Gasteiger partial charge < -0.3 is 9.84 Å². The Bertz CT molecular complexity index is 1050. The van der Waals surface area contributed by atoms with Gasteiger partial charge in [-0.05, 0) is 25.5 Å². The van der Waals surface area contributed by atoms with E-state index in [2.05, 4.69) is 20.8 Å². The zero-order valence-corrected chi connectivity index (χ0v) is 15.3. The molecule has 1 aromatic carbocycles. The normalized spacial score (nSPS) is 18.8. The van der Waals surface area contributed by atoms with E-state index in [0.29, 0.717) is 11.7 Å². The van der Waals surface area contributed by atoms with E-state index in [1.807, 2.05) is 0 Å². The molecule has 10 nitrogen and oxygen atoms in total. The Labute approximate surface area is 163 Å². The monoisotopic (exact) mass is 401 g/mol. The summed E-state index contributed by atoms with van der Waals surface area (Å²) in [6.45, 7) is 1.84. The maximum atomic E-state index is 14.5. The van der Waals surface area contributed by atoms with Crippen molar-refractivity contribution in [3.63, 3.8) is 0 Å². The minimum Gasteiger partial charge on any atom is -0.381 e. The number of imide groups is 2. The van der Waals surface area contributed by atoms with Crippen molar-refractivity contribution in [2.24, 2.45) is 0 Å². The highest BCUT2D eigenvalue weighted by Crippen LogP contribution is 2.34. The molecule has 0 bridgehead atoms. The molecule has 4 rings (SSSR count). The number of fused-ring (bicyclic) bond motifs is 1. The van der Waals surface area contributed by atoms with E-state index in [9.17, 15) is 23.6 Å². The van der Waals surface area contributed by atoms with Crippen molar-refractivity contribution in [3.05, 3.63) is 40.8 Å². The summed E-state index contributed by atoms with van der Waals surface area (Å²) in [4.78, 5) is 54.0. The fourth-order valence-corrected chi connectivity index (χ4v) is 3.44. The minimum atomic E-state index is -1.11. The average molecular weight is 401 g/mol. The summed E-state index contributed by atoms with van der Waals surface area (Å²) < 4.78 is 19.4. The van der Waals surface area contributed by atoms with Gasteiger partial charge in [-0.25, -0.2) is 4.39 Å². The summed E-state index contributed by atoms with van der Waals surface area (Å²) in [5.41, 5.74) is -0.273. The van der Waals surface area contributed by atoms with Crippen LogP contribution in [-0.2, 0) is 16.0 Å². The molecule has 2 N–H and O–H groups in total. The maximum absolute atomic E-state index is 14.5. The fraction of sp³-hybridized carbons (Fsp3) is 0.333. The third-order valence-corrected chi connectivity index (χ3v) is 4.77. The van der Waals surface area contributed by atoms with Gasteiger partial charge in [0.15, 0.2) is 5.82 Å². The first kappa shape index (κ1) is 18.7. The number of nitrogens with one attached hydrogen (secondary N) is 2. The molecule has 11 heteroatoms. The zero-order valence-electron chi connectivity index (χ0n) is 15.3. The molecule has 2 aromatic rings. The highest BCUT2D eigenvalue weighted by Gasteiger charge is 2.46. The van der Waals surface area contributed by atoms with E-state index >= 15 is 0 Å². The smallest absolute Gasteiger partial charge is 0.264 e. The van der Waals surface area contributed by atoms with Crippen molar-refractivity contribution in [1.29, 1.82) is 0 Å². The van der Waals surface area contributed by atoms with Gasteiger partial charge in [-0.2, -0.15) is 4.98 Å². The second-order valence-electron chi connectivity index (χ2n) is 6.70. The summed E-state index contributed by atoms with van der Waals surface area (Å²) >= 11 is 0. The summed E-state index contributed by atoms with van der Waals surface area (Å²) in [5.74, 6) is -2.57. The van der Waals surface area contributed by atoms with E-state index < -0.39 is 35.5 Å². The molecule has 0 spiro atoms.